The largest absolute Gasteiger partial charge is 0.368 e. The number of nitrogens with two attached hydrogens (primary N) is 1. The fourth-order valence-electron chi connectivity index (χ4n) is 1.41. The maximum absolute atomic E-state index is 10.8. The minimum atomic E-state index is -0.667. The van der Waals surface area contributed by atoms with E-state index in [9.17, 15) is 20.2 Å². The SMILES string of the molecule is CN(CCN)c1ccc([N+](=O)[O-])cc1[N+](=O)[O-]. The first-order valence-electron chi connectivity index (χ1n) is 4.81. The molecule has 0 aliphatic carbocycles. The van der Waals surface area contributed by atoms with Crippen molar-refractivity contribution in [3.63, 3.8) is 0 Å². The third-order valence-electron chi connectivity index (χ3n) is 2.24. The van der Waals surface area contributed by atoms with Gasteiger partial charge in [-0.3, -0.25) is 20.2 Å². The first-order chi connectivity index (χ1) is 7.97. The van der Waals surface area contributed by atoms with Crippen molar-refractivity contribution in [3.05, 3.63) is 38.4 Å². The van der Waals surface area contributed by atoms with Crippen molar-refractivity contribution in [2.75, 3.05) is 25.0 Å². The lowest BCUT2D eigenvalue weighted by Crippen LogP contribution is -2.25. The lowest BCUT2D eigenvalue weighted by atomic mass is 10.2. The van der Waals surface area contributed by atoms with Crippen molar-refractivity contribution in [2.24, 2.45) is 5.73 Å². The molecule has 0 aliphatic heterocycles. The Balaban J connectivity index is 3.22. The normalized spacial score (nSPS) is 10.0. The molecule has 0 spiro atoms. The van der Waals surface area contributed by atoms with Crippen molar-refractivity contribution in [1.82, 2.24) is 0 Å². The minimum absolute atomic E-state index is 0.296. The number of rotatable bonds is 5. The van der Waals surface area contributed by atoms with Crippen molar-refractivity contribution in [1.29, 1.82) is 0 Å². The molecule has 1 rings (SSSR count). The predicted octanol–water partition coefficient (Wildman–Crippen LogP) is 0.898. The molecule has 0 bridgehead atoms. The highest BCUT2D eigenvalue weighted by Gasteiger charge is 2.21. The molecule has 0 aromatic heterocycles. The van der Waals surface area contributed by atoms with Gasteiger partial charge in [-0.2, -0.15) is 0 Å². The van der Waals surface area contributed by atoms with Gasteiger partial charge in [-0.1, -0.05) is 0 Å². The molecule has 0 fully saturated rings. The summed E-state index contributed by atoms with van der Waals surface area (Å²) in [5, 5.41) is 21.4. The summed E-state index contributed by atoms with van der Waals surface area (Å²) >= 11 is 0. The van der Waals surface area contributed by atoms with Crippen LogP contribution in [0.2, 0.25) is 0 Å². The highest BCUT2D eigenvalue weighted by atomic mass is 16.6. The van der Waals surface area contributed by atoms with E-state index in [1.165, 1.54) is 12.1 Å². The Morgan fingerprint density at radius 3 is 2.41 bits per heavy atom. The van der Waals surface area contributed by atoms with E-state index in [0.717, 1.165) is 6.07 Å². The zero-order valence-electron chi connectivity index (χ0n) is 9.20. The standard InChI is InChI=1S/C9H12N4O4/c1-11(5-4-10)8-3-2-7(12(14)15)6-9(8)13(16)17/h2-3,6H,4-5,10H2,1H3. The molecule has 8 nitrogen and oxygen atoms in total. The highest BCUT2D eigenvalue weighted by molar-refractivity contribution is 5.66. The third-order valence-corrected chi connectivity index (χ3v) is 2.24. The van der Waals surface area contributed by atoms with E-state index < -0.39 is 9.85 Å². The van der Waals surface area contributed by atoms with E-state index in [2.05, 4.69) is 0 Å². The summed E-state index contributed by atoms with van der Waals surface area (Å²) in [6.07, 6.45) is 0. The molecule has 17 heavy (non-hydrogen) atoms. The molecule has 0 aliphatic rings. The summed E-state index contributed by atoms with van der Waals surface area (Å²) in [6, 6.07) is 3.53. The lowest BCUT2D eigenvalue weighted by Gasteiger charge is -2.17. The summed E-state index contributed by atoms with van der Waals surface area (Å²) in [5.41, 5.74) is 5.06. The van der Waals surface area contributed by atoms with Crippen LogP contribution in [0.3, 0.4) is 0 Å². The Hall–Kier alpha value is -2.22. The van der Waals surface area contributed by atoms with Gasteiger partial charge in [0.25, 0.3) is 11.4 Å². The molecular formula is C9H12N4O4. The number of benzene rings is 1. The fraction of sp³-hybridized carbons (Fsp3) is 0.333. The van der Waals surface area contributed by atoms with E-state index in [4.69, 9.17) is 5.73 Å². The van der Waals surface area contributed by atoms with Gasteiger partial charge in [0.2, 0.25) is 0 Å². The lowest BCUT2D eigenvalue weighted by molar-refractivity contribution is -0.393. The second kappa shape index (κ2) is 5.21. The van der Waals surface area contributed by atoms with Gasteiger partial charge >= 0.3 is 0 Å². The molecule has 1 aromatic carbocycles. The van der Waals surface area contributed by atoms with Crippen molar-refractivity contribution in [3.8, 4) is 0 Å². The molecule has 8 heteroatoms. The van der Waals surface area contributed by atoms with Crippen LogP contribution in [0.4, 0.5) is 17.1 Å². The third kappa shape index (κ3) is 2.88. The quantitative estimate of drug-likeness (QED) is 0.603. The van der Waals surface area contributed by atoms with Gasteiger partial charge in [0.15, 0.2) is 0 Å². The van der Waals surface area contributed by atoms with Gasteiger partial charge in [-0.05, 0) is 6.07 Å². The van der Waals surface area contributed by atoms with Crippen LogP contribution >= 0.6 is 0 Å². The van der Waals surface area contributed by atoms with E-state index >= 15 is 0 Å². The van der Waals surface area contributed by atoms with Crippen molar-refractivity contribution in [2.45, 2.75) is 0 Å². The molecule has 0 amide bonds. The zero-order valence-corrected chi connectivity index (χ0v) is 9.20. The number of nitrogens with zero attached hydrogens (tertiary/aromatic N) is 3. The van der Waals surface area contributed by atoms with Crippen LogP contribution in [0, 0.1) is 20.2 Å². The molecule has 0 radical (unpaired) electrons. The van der Waals surface area contributed by atoms with E-state index in [1.54, 1.807) is 11.9 Å². The van der Waals surface area contributed by atoms with Crippen LogP contribution in [-0.4, -0.2) is 30.0 Å². The highest BCUT2D eigenvalue weighted by Crippen LogP contribution is 2.30. The topological polar surface area (TPSA) is 116 Å². The van der Waals surface area contributed by atoms with E-state index in [1.807, 2.05) is 0 Å². The number of nitro benzene ring substituents is 2. The predicted molar refractivity (Wildman–Crippen MR) is 62.1 cm³/mol. The number of non-ortho nitro benzene ring substituents is 1. The Labute approximate surface area is 96.9 Å². The molecule has 2 N–H and O–H groups in total. The van der Waals surface area contributed by atoms with Crippen LogP contribution in [0.1, 0.15) is 0 Å². The number of likely N-dealkylation sites (N-methyl/N-ethyl adjacent to an activating group) is 1. The first-order valence-corrected chi connectivity index (χ1v) is 4.81. The molecule has 0 saturated heterocycles. The number of nitro groups is 2. The molecule has 0 saturated carbocycles. The maximum atomic E-state index is 10.8. The van der Waals surface area contributed by atoms with Crippen molar-refractivity contribution < 1.29 is 9.85 Å². The van der Waals surface area contributed by atoms with Crippen LogP contribution in [-0.2, 0) is 0 Å². The Morgan fingerprint density at radius 1 is 1.29 bits per heavy atom. The van der Waals surface area contributed by atoms with Gasteiger partial charge in [0.05, 0.1) is 15.9 Å². The summed E-state index contributed by atoms with van der Waals surface area (Å²) in [7, 11) is 1.64. The minimum Gasteiger partial charge on any atom is -0.368 e. The molecule has 1 aromatic rings. The van der Waals surface area contributed by atoms with Gasteiger partial charge < -0.3 is 10.6 Å². The zero-order chi connectivity index (χ0) is 13.0. The first kappa shape index (κ1) is 12.8. The van der Waals surface area contributed by atoms with Gasteiger partial charge in [-0.15, -0.1) is 0 Å². The second-order valence-corrected chi connectivity index (χ2v) is 3.40. The second-order valence-electron chi connectivity index (χ2n) is 3.40. The van der Waals surface area contributed by atoms with E-state index in [-0.39, 0.29) is 11.4 Å². The Bertz CT molecular complexity index is 449. The maximum Gasteiger partial charge on any atom is 0.299 e. The molecular weight excluding hydrogens is 228 g/mol. The summed E-state index contributed by atoms with van der Waals surface area (Å²) in [5.74, 6) is 0. The molecule has 0 heterocycles. The number of anilines is 1. The van der Waals surface area contributed by atoms with Crippen LogP contribution in [0.5, 0.6) is 0 Å². The van der Waals surface area contributed by atoms with Crippen LogP contribution in [0.25, 0.3) is 0 Å². The Kier molecular flexibility index (Phi) is 3.94. The van der Waals surface area contributed by atoms with Crippen molar-refractivity contribution >= 4 is 17.1 Å². The summed E-state index contributed by atoms with van der Waals surface area (Å²) < 4.78 is 0. The number of hydrogen-bond acceptors (Lipinski definition) is 6. The van der Waals surface area contributed by atoms with Crippen LogP contribution in [0.15, 0.2) is 18.2 Å². The van der Waals surface area contributed by atoms with Gasteiger partial charge in [0, 0.05) is 26.2 Å². The van der Waals surface area contributed by atoms with E-state index in [0.29, 0.717) is 18.8 Å². The smallest absolute Gasteiger partial charge is 0.299 e. The van der Waals surface area contributed by atoms with Gasteiger partial charge in [0.1, 0.15) is 5.69 Å². The fourth-order valence-corrected chi connectivity index (χ4v) is 1.41. The molecule has 0 atom stereocenters. The monoisotopic (exact) mass is 240 g/mol. The average molecular weight is 240 g/mol. The molecule has 92 valence electrons. The Morgan fingerprint density at radius 2 is 1.94 bits per heavy atom. The summed E-state index contributed by atoms with van der Waals surface area (Å²) in [6.45, 7) is 0.767. The number of hydrogen-bond donors (Lipinski definition) is 1. The van der Waals surface area contributed by atoms with Crippen LogP contribution < -0.4 is 10.6 Å². The summed E-state index contributed by atoms with van der Waals surface area (Å²) in [4.78, 5) is 21.6. The van der Waals surface area contributed by atoms with Gasteiger partial charge in [-0.25, -0.2) is 0 Å². The average Bonchev–Trinajstić information content (AvgIpc) is 2.28. The molecule has 0 unspecified atom stereocenters.